The molecule has 0 aromatic carbocycles. The van der Waals surface area contributed by atoms with Crippen LogP contribution < -0.4 is 5.73 Å². The maximum Gasteiger partial charge on any atom is 0.245 e. The Hall–Kier alpha value is -1.51. The van der Waals surface area contributed by atoms with E-state index >= 15 is 0 Å². The summed E-state index contributed by atoms with van der Waals surface area (Å²) in [5, 5.41) is 7.74. The molecule has 5 nitrogen and oxygen atoms in total. The minimum absolute atomic E-state index is 0.142. The highest BCUT2D eigenvalue weighted by Crippen LogP contribution is 2.31. The van der Waals surface area contributed by atoms with Crippen molar-refractivity contribution < 1.29 is 13.7 Å². The van der Waals surface area contributed by atoms with Crippen LogP contribution >= 0.6 is 22.7 Å². The lowest BCUT2D eigenvalue weighted by Crippen LogP contribution is -2.27. The van der Waals surface area contributed by atoms with Crippen LogP contribution in [0.4, 0.5) is 0 Å². The fourth-order valence-corrected chi connectivity index (χ4v) is 5.21. The van der Waals surface area contributed by atoms with Crippen LogP contribution in [0.1, 0.15) is 16.4 Å². The zero-order chi connectivity index (χ0) is 15.5. The summed E-state index contributed by atoms with van der Waals surface area (Å²) in [4.78, 5) is 15.2. The first-order chi connectivity index (χ1) is 10.6. The smallest absolute Gasteiger partial charge is 0.245 e. The predicted molar refractivity (Wildman–Crippen MR) is 89.9 cm³/mol. The van der Waals surface area contributed by atoms with Gasteiger partial charge < -0.3 is 10.5 Å². The monoisotopic (exact) mass is 354 g/mol. The normalized spacial score (nSPS) is 19.0. The molecule has 1 amide bonds. The van der Waals surface area contributed by atoms with Gasteiger partial charge in [-0.2, -0.15) is 22.7 Å². The summed E-state index contributed by atoms with van der Waals surface area (Å²) in [5.41, 5.74) is 7.25. The molecule has 2 N–H and O–H groups in total. The number of ether oxygens (including phenoxy) is 1. The highest BCUT2D eigenvalue weighted by atomic mass is 32.2. The maximum atomic E-state index is 12.8. The highest BCUT2D eigenvalue weighted by Gasteiger charge is 2.28. The second-order valence-corrected chi connectivity index (χ2v) is 7.85. The first kappa shape index (κ1) is 15.4. The third-order valence-corrected chi connectivity index (χ3v) is 6.26. The standard InChI is InChI=1S/C14H14N2O3S3/c15-14(17)11-5-19-12(16-11)8-22(18)13(9-1-3-20-6-9)10-2-4-21-7-10/h1-4,6-7,11,13H,5,8H2,(H2,15,17). The molecule has 1 aliphatic rings. The van der Waals surface area contributed by atoms with E-state index in [0.717, 1.165) is 11.1 Å². The van der Waals surface area contributed by atoms with E-state index in [1.54, 1.807) is 22.7 Å². The Labute approximate surface area is 138 Å². The number of hydrogen-bond donors (Lipinski definition) is 1. The van der Waals surface area contributed by atoms with Gasteiger partial charge in [-0.15, -0.1) is 0 Å². The molecule has 116 valence electrons. The molecular weight excluding hydrogens is 340 g/mol. The van der Waals surface area contributed by atoms with Crippen LogP contribution in [0.25, 0.3) is 0 Å². The highest BCUT2D eigenvalue weighted by molar-refractivity contribution is 7.86. The average molecular weight is 354 g/mol. The Balaban J connectivity index is 1.79. The number of rotatable bonds is 6. The lowest BCUT2D eigenvalue weighted by molar-refractivity contribution is -0.119. The van der Waals surface area contributed by atoms with Crippen LogP contribution in [0.15, 0.2) is 38.6 Å². The number of thiophene rings is 2. The SMILES string of the molecule is NC(=O)C1COC(CS(=O)C(c2ccsc2)c2ccsc2)=N1. The molecule has 8 heteroatoms. The Morgan fingerprint density at radius 2 is 2.00 bits per heavy atom. The van der Waals surface area contributed by atoms with Gasteiger partial charge in [-0.3, -0.25) is 9.00 Å². The molecule has 22 heavy (non-hydrogen) atoms. The summed E-state index contributed by atoms with van der Waals surface area (Å²) in [6, 6.07) is 3.30. The maximum absolute atomic E-state index is 12.8. The molecular formula is C14H14N2O3S3. The minimum Gasteiger partial charge on any atom is -0.477 e. The van der Waals surface area contributed by atoms with Crippen molar-refractivity contribution in [3.8, 4) is 0 Å². The first-order valence-electron chi connectivity index (χ1n) is 6.55. The second-order valence-electron chi connectivity index (χ2n) is 4.77. The van der Waals surface area contributed by atoms with Crippen molar-refractivity contribution in [3.05, 3.63) is 44.8 Å². The molecule has 0 fully saturated rings. The lowest BCUT2D eigenvalue weighted by atomic mass is 10.1. The quantitative estimate of drug-likeness (QED) is 0.860. The number of carbonyl (C=O) groups is 1. The number of nitrogens with zero attached hydrogens (tertiary/aromatic N) is 1. The zero-order valence-corrected chi connectivity index (χ0v) is 14.0. The van der Waals surface area contributed by atoms with Crippen LogP contribution in [-0.4, -0.2) is 34.4 Å². The van der Waals surface area contributed by atoms with Gasteiger partial charge in [-0.1, -0.05) is 0 Å². The second kappa shape index (κ2) is 6.72. The molecule has 2 atom stereocenters. The Morgan fingerprint density at radius 1 is 1.36 bits per heavy atom. The number of amides is 1. The van der Waals surface area contributed by atoms with E-state index in [1.165, 1.54) is 0 Å². The molecule has 0 saturated carbocycles. The molecule has 0 radical (unpaired) electrons. The largest absolute Gasteiger partial charge is 0.477 e. The minimum atomic E-state index is -1.23. The van der Waals surface area contributed by atoms with E-state index in [4.69, 9.17) is 10.5 Å². The van der Waals surface area contributed by atoms with E-state index in [1.807, 2.05) is 33.7 Å². The molecule has 0 aliphatic carbocycles. The molecule has 0 bridgehead atoms. The Morgan fingerprint density at radius 3 is 2.45 bits per heavy atom. The molecule has 0 spiro atoms. The van der Waals surface area contributed by atoms with Crippen molar-refractivity contribution in [2.75, 3.05) is 12.4 Å². The first-order valence-corrected chi connectivity index (χ1v) is 9.82. The lowest BCUT2D eigenvalue weighted by Gasteiger charge is -2.14. The Kier molecular flexibility index (Phi) is 4.70. The van der Waals surface area contributed by atoms with Crippen molar-refractivity contribution in [1.82, 2.24) is 0 Å². The van der Waals surface area contributed by atoms with Crippen LogP contribution in [-0.2, 0) is 20.3 Å². The van der Waals surface area contributed by atoms with Crippen molar-refractivity contribution in [3.63, 3.8) is 0 Å². The number of carbonyl (C=O) groups excluding carboxylic acids is 1. The molecule has 3 rings (SSSR count). The van der Waals surface area contributed by atoms with Gasteiger partial charge in [0.1, 0.15) is 12.4 Å². The predicted octanol–water partition coefficient (Wildman–Crippen LogP) is 1.93. The summed E-state index contributed by atoms with van der Waals surface area (Å²) in [5.74, 6) is 0.00532. The van der Waals surface area contributed by atoms with E-state index in [0.29, 0.717) is 5.90 Å². The topological polar surface area (TPSA) is 81.8 Å². The molecule has 2 unspecified atom stereocenters. The van der Waals surface area contributed by atoms with Crippen molar-refractivity contribution in [1.29, 1.82) is 0 Å². The van der Waals surface area contributed by atoms with Gasteiger partial charge in [0.05, 0.1) is 5.25 Å². The van der Waals surface area contributed by atoms with Gasteiger partial charge in [-0.05, 0) is 44.8 Å². The molecule has 3 heterocycles. The number of primary amides is 1. The zero-order valence-electron chi connectivity index (χ0n) is 11.5. The summed E-state index contributed by atoms with van der Waals surface area (Å²) >= 11 is 3.15. The number of nitrogens with two attached hydrogens (primary N) is 1. The van der Waals surface area contributed by atoms with Gasteiger partial charge >= 0.3 is 0 Å². The van der Waals surface area contributed by atoms with E-state index in [-0.39, 0.29) is 17.6 Å². The number of aliphatic imine (C=N–C) groups is 1. The van der Waals surface area contributed by atoms with E-state index in [9.17, 15) is 9.00 Å². The van der Waals surface area contributed by atoms with Gasteiger partial charge in [0.25, 0.3) is 0 Å². The van der Waals surface area contributed by atoms with Gasteiger partial charge in [0.2, 0.25) is 5.91 Å². The average Bonchev–Trinajstić information content (AvgIpc) is 3.21. The van der Waals surface area contributed by atoms with Gasteiger partial charge in [0, 0.05) is 10.8 Å². The molecule has 2 aromatic heterocycles. The van der Waals surface area contributed by atoms with E-state index < -0.39 is 22.7 Å². The summed E-state index contributed by atoms with van der Waals surface area (Å²) in [6.45, 7) is 0.142. The summed E-state index contributed by atoms with van der Waals surface area (Å²) in [6.07, 6.45) is 0. The van der Waals surface area contributed by atoms with E-state index in [2.05, 4.69) is 4.99 Å². The molecule has 0 saturated heterocycles. The van der Waals surface area contributed by atoms with Gasteiger partial charge in [0.15, 0.2) is 11.9 Å². The fourth-order valence-electron chi connectivity index (χ4n) is 2.20. The van der Waals surface area contributed by atoms with Crippen molar-refractivity contribution in [2.45, 2.75) is 11.3 Å². The third-order valence-electron chi connectivity index (χ3n) is 3.26. The summed E-state index contributed by atoms with van der Waals surface area (Å²) in [7, 11) is -1.23. The van der Waals surface area contributed by atoms with Crippen molar-refractivity contribution in [2.24, 2.45) is 10.7 Å². The van der Waals surface area contributed by atoms with Crippen LogP contribution in [0.5, 0.6) is 0 Å². The summed E-state index contributed by atoms with van der Waals surface area (Å²) < 4.78 is 18.2. The van der Waals surface area contributed by atoms with Crippen molar-refractivity contribution >= 4 is 45.3 Å². The third kappa shape index (κ3) is 3.29. The Bertz CT molecular complexity index is 661. The molecule has 2 aromatic rings. The fraction of sp³-hybridized carbons (Fsp3) is 0.286. The number of hydrogen-bond acceptors (Lipinski definition) is 6. The van der Waals surface area contributed by atoms with Gasteiger partial charge in [-0.25, -0.2) is 4.99 Å². The van der Waals surface area contributed by atoms with Crippen LogP contribution in [0.3, 0.4) is 0 Å². The molecule has 1 aliphatic heterocycles. The van der Waals surface area contributed by atoms with Crippen LogP contribution in [0.2, 0.25) is 0 Å². The van der Waals surface area contributed by atoms with Crippen LogP contribution in [0, 0.1) is 0 Å².